The summed E-state index contributed by atoms with van der Waals surface area (Å²) in [5.41, 5.74) is -0.558. The lowest BCUT2D eigenvalue weighted by molar-refractivity contribution is -0.386. The van der Waals surface area contributed by atoms with E-state index in [1.807, 2.05) is 20.8 Å². The molecule has 1 heterocycles. The van der Waals surface area contributed by atoms with Crippen molar-refractivity contribution in [3.8, 4) is 11.5 Å². The molecule has 3 rings (SSSR count). The van der Waals surface area contributed by atoms with Gasteiger partial charge >= 0.3 is 11.7 Å². The van der Waals surface area contributed by atoms with Gasteiger partial charge in [0.05, 0.1) is 35.3 Å². The van der Waals surface area contributed by atoms with Crippen LogP contribution in [0.15, 0.2) is 44.7 Å². The molecule has 0 unspecified atom stereocenters. The predicted molar refractivity (Wildman–Crippen MR) is 146 cm³/mol. The number of carbonyl (C=O) groups excluding carboxylic acids is 1. The molecule has 11 nitrogen and oxygen atoms in total. The van der Waals surface area contributed by atoms with Crippen LogP contribution in [0.1, 0.15) is 52.9 Å². The first-order valence-corrected chi connectivity index (χ1v) is 12.7. The van der Waals surface area contributed by atoms with Crippen molar-refractivity contribution in [2.75, 3.05) is 13.2 Å². The third kappa shape index (κ3) is 6.36. The van der Waals surface area contributed by atoms with Crippen LogP contribution in [0.4, 0.5) is 5.69 Å². The smallest absolute Gasteiger partial charge is 0.347 e. The summed E-state index contributed by atoms with van der Waals surface area (Å²) in [6, 6.07) is 7.93. The Kier molecular flexibility index (Phi) is 8.87. The van der Waals surface area contributed by atoms with E-state index in [0.29, 0.717) is 21.2 Å². The van der Waals surface area contributed by atoms with Crippen molar-refractivity contribution in [2.45, 2.75) is 53.1 Å². The Bertz CT molecular complexity index is 1460. The summed E-state index contributed by atoms with van der Waals surface area (Å²) >= 11 is 3.38. The second kappa shape index (κ2) is 11.7. The third-order valence-electron chi connectivity index (χ3n) is 5.27. The molecule has 0 saturated heterocycles. The topological polar surface area (TPSA) is 135 Å². The molecule has 0 aliphatic heterocycles. The number of hydrogen-bond donors (Lipinski definition) is 0. The molecule has 0 spiro atoms. The Morgan fingerprint density at radius 1 is 1.24 bits per heavy atom. The Balaban J connectivity index is 2.16. The maximum absolute atomic E-state index is 13.4. The molecular weight excluding hydrogens is 560 g/mol. The number of hydrogen-bond acceptors (Lipinski definition) is 9. The Labute approximate surface area is 227 Å². The number of nitrogens with zero attached hydrogens (tertiary/aromatic N) is 4. The van der Waals surface area contributed by atoms with Gasteiger partial charge < -0.3 is 14.2 Å². The SMILES string of the molecule is CCOC(=O)[C@H](C)Oc1c(OCC)cc(C=Nn2c(C(C)(C)C)nc3ccc(Br)cc3c2=O)cc1[N+](=O)[O-]. The van der Waals surface area contributed by atoms with Crippen molar-refractivity contribution in [3.63, 3.8) is 0 Å². The van der Waals surface area contributed by atoms with Crippen LogP contribution in [-0.2, 0) is 14.9 Å². The number of ether oxygens (including phenoxy) is 3. The van der Waals surface area contributed by atoms with Crippen LogP contribution in [0.3, 0.4) is 0 Å². The fourth-order valence-corrected chi connectivity index (χ4v) is 3.91. The summed E-state index contributed by atoms with van der Waals surface area (Å²) in [6.45, 7) is 10.8. The van der Waals surface area contributed by atoms with Gasteiger partial charge in [-0.1, -0.05) is 36.7 Å². The van der Waals surface area contributed by atoms with Crippen LogP contribution in [0, 0.1) is 10.1 Å². The number of halogens is 1. The van der Waals surface area contributed by atoms with Gasteiger partial charge in [-0.05, 0) is 45.0 Å². The number of fused-ring (bicyclic) bond motifs is 1. The number of nitro groups is 1. The van der Waals surface area contributed by atoms with Gasteiger partial charge in [-0.2, -0.15) is 9.78 Å². The van der Waals surface area contributed by atoms with Crippen molar-refractivity contribution in [1.82, 2.24) is 9.66 Å². The summed E-state index contributed by atoms with van der Waals surface area (Å²) in [5, 5.41) is 16.7. The molecule has 0 radical (unpaired) electrons. The highest BCUT2D eigenvalue weighted by Gasteiger charge is 2.27. The van der Waals surface area contributed by atoms with Gasteiger partial charge in [0.1, 0.15) is 5.82 Å². The number of benzene rings is 2. The molecule has 0 N–H and O–H groups in total. The van der Waals surface area contributed by atoms with E-state index in [0.717, 1.165) is 0 Å². The summed E-state index contributed by atoms with van der Waals surface area (Å²) in [5.74, 6) is -0.418. The first kappa shape index (κ1) is 28.8. The number of aromatic nitrogens is 2. The summed E-state index contributed by atoms with van der Waals surface area (Å²) in [7, 11) is 0. The van der Waals surface area contributed by atoms with Crippen LogP contribution in [0.25, 0.3) is 10.9 Å². The van der Waals surface area contributed by atoms with Gasteiger partial charge in [0.2, 0.25) is 5.75 Å². The summed E-state index contributed by atoms with van der Waals surface area (Å²) in [4.78, 5) is 41.4. The highest BCUT2D eigenvalue weighted by molar-refractivity contribution is 9.10. The zero-order valence-electron chi connectivity index (χ0n) is 22.0. The molecule has 0 saturated carbocycles. The monoisotopic (exact) mass is 588 g/mol. The van der Waals surface area contributed by atoms with E-state index in [-0.39, 0.29) is 35.8 Å². The van der Waals surface area contributed by atoms with Gasteiger partial charge in [0, 0.05) is 21.5 Å². The minimum absolute atomic E-state index is 0.0447. The van der Waals surface area contributed by atoms with Gasteiger partial charge in [0.15, 0.2) is 11.9 Å². The van der Waals surface area contributed by atoms with E-state index in [1.165, 1.54) is 29.9 Å². The van der Waals surface area contributed by atoms with Crippen molar-refractivity contribution in [3.05, 3.63) is 66.7 Å². The molecule has 202 valence electrons. The first-order valence-electron chi connectivity index (χ1n) is 11.9. The lowest BCUT2D eigenvalue weighted by Crippen LogP contribution is -2.29. The minimum atomic E-state index is -1.11. The maximum atomic E-state index is 13.4. The van der Waals surface area contributed by atoms with Crippen molar-refractivity contribution in [1.29, 1.82) is 0 Å². The second-order valence-corrected chi connectivity index (χ2v) is 10.2. The quantitative estimate of drug-likeness (QED) is 0.148. The highest BCUT2D eigenvalue weighted by Crippen LogP contribution is 2.39. The van der Waals surface area contributed by atoms with Crippen molar-refractivity contribution in [2.24, 2.45) is 5.10 Å². The largest absolute Gasteiger partial charge is 0.490 e. The third-order valence-corrected chi connectivity index (χ3v) is 5.76. The zero-order chi connectivity index (χ0) is 28.2. The number of carbonyl (C=O) groups is 1. The van der Waals surface area contributed by atoms with Crippen molar-refractivity contribution >= 4 is 44.7 Å². The summed E-state index contributed by atoms with van der Waals surface area (Å²) in [6.07, 6.45) is 0.208. The van der Waals surface area contributed by atoms with Gasteiger partial charge in [-0.3, -0.25) is 14.9 Å². The van der Waals surface area contributed by atoms with Crippen LogP contribution in [0.2, 0.25) is 0 Å². The number of esters is 1. The zero-order valence-corrected chi connectivity index (χ0v) is 23.6. The van der Waals surface area contributed by atoms with Gasteiger partial charge in [-0.25, -0.2) is 9.78 Å². The molecule has 0 aliphatic rings. The van der Waals surface area contributed by atoms with Crippen LogP contribution < -0.4 is 15.0 Å². The van der Waals surface area contributed by atoms with Gasteiger partial charge in [-0.15, -0.1) is 0 Å². The Morgan fingerprint density at radius 2 is 1.95 bits per heavy atom. The molecule has 0 aliphatic carbocycles. The molecular formula is C26H29BrN4O7. The average Bonchev–Trinajstić information content (AvgIpc) is 2.84. The number of nitro benzene ring substituents is 1. The van der Waals surface area contributed by atoms with E-state index >= 15 is 0 Å². The van der Waals surface area contributed by atoms with E-state index in [9.17, 15) is 19.7 Å². The minimum Gasteiger partial charge on any atom is -0.490 e. The predicted octanol–water partition coefficient (Wildman–Crippen LogP) is 4.98. The molecule has 2 aromatic carbocycles. The first-order chi connectivity index (χ1) is 17.9. The fraction of sp³-hybridized carbons (Fsp3) is 0.385. The molecule has 38 heavy (non-hydrogen) atoms. The van der Waals surface area contributed by atoms with E-state index in [1.54, 1.807) is 32.0 Å². The van der Waals surface area contributed by atoms with E-state index in [4.69, 9.17) is 14.2 Å². The molecule has 0 bridgehead atoms. The highest BCUT2D eigenvalue weighted by atomic mass is 79.9. The standard InChI is InChI=1S/C26H29BrN4O7/c1-7-36-21-12-16(11-20(31(34)35)22(21)38-15(3)24(33)37-8-2)14-28-30-23(32)18-13-17(27)9-10-19(18)29-25(30)26(4,5)6/h9-15H,7-8H2,1-6H3/t15-/m0/s1. The van der Waals surface area contributed by atoms with Gasteiger partial charge in [0.25, 0.3) is 5.56 Å². The van der Waals surface area contributed by atoms with E-state index < -0.39 is 28.1 Å². The Morgan fingerprint density at radius 3 is 2.55 bits per heavy atom. The molecule has 1 atom stereocenters. The van der Waals surface area contributed by atoms with Crippen LogP contribution in [0.5, 0.6) is 11.5 Å². The van der Waals surface area contributed by atoms with E-state index in [2.05, 4.69) is 26.0 Å². The molecule has 3 aromatic rings. The molecule has 1 aromatic heterocycles. The lowest BCUT2D eigenvalue weighted by Gasteiger charge is -2.21. The van der Waals surface area contributed by atoms with Crippen LogP contribution >= 0.6 is 15.9 Å². The van der Waals surface area contributed by atoms with Crippen molar-refractivity contribution < 1.29 is 23.9 Å². The lowest BCUT2D eigenvalue weighted by atomic mass is 9.95. The number of rotatable bonds is 9. The average molecular weight is 589 g/mol. The molecule has 12 heteroatoms. The Hall–Kier alpha value is -3.80. The fourth-order valence-electron chi connectivity index (χ4n) is 3.55. The second-order valence-electron chi connectivity index (χ2n) is 9.28. The summed E-state index contributed by atoms with van der Waals surface area (Å²) < 4.78 is 18.1. The molecule has 0 amide bonds. The normalized spacial score (nSPS) is 12.5. The maximum Gasteiger partial charge on any atom is 0.347 e. The van der Waals surface area contributed by atoms with Crippen LogP contribution in [-0.4, -0.2) is 46.1 Å². The molecule has 0 fully saturated rings.